The van der Waals surface area contributed by atoms with Crippen LogP contribution in [0.5, 0.6) is 0 Å². The van der Waals surface area contributed by atoms with Crippen molar-refractivity contribution in [3.05, 3.63) is 230 Å². The third kappa shape index (κ3) is 6.09. The van der Waals surface area contributed by atoms with Gasteiger partial charge in [-0.2, -0.15) is 0 Å². The van der Waals surface area contributed by atoms with E-state index >= 15 is 0 Å². The summed E-state index contributed by atoms with van der Waals surface area (Å²) >= 11 is 1.88. The van der Waals surface area contributed by atoms with E-state index < -0.39 is 0 Å². The highest BCUT2D eigenvalue weighted by Crippen LogP contribution is 2.52. The maximum atomic E-state index is 2.44. The van der Waals surface area contributed by atoms with Gasteiger partial charge in [-0.05, 0) is 117 Å². The van der Waals surface area contributed by atoms with E-state index in [-0.39, 0.29) is 5.41 Å². The van der Waals surface area contributed by atoms with E-state index in [9.17, 15) is 0 Å². The third-order valence-corrected chi connectivity index (χ3v) is 13.4. The van der Waals surface area contributed by atoms with Gasteiger partial charge in [0.2, 0.25) is 0 Å². The van der Waals surface area contributed by atoms with Crippen molar-refractivity contribution < 1.29 is 0 Å². The predicted octanol–water partition coefficient (Wildman–Crippen LogP) is 16.6. The summed E-state index contributed by atoms with van der Waals surface area (Å²) in [5.74, 6) is 0. The smallest absolute Gasteiger partial charge is 0.0488 e. The molecular weight excluding hydrogens is 745 g/mol. The van der Waals surface area contributed by atoms with E-state index in [0.717, 1.165) is 39.7 Å². The van der Waals surface area contributed by atoms with Crippen LogP contribution >= 0.6 is 11.3 Å². The van der Waals surface area contributed by atoms with Crippen LogP contribution in [0.1, 0.15) is 25.0 Å². The maximum absolute atomic E-state index is 2.44. The molecule has 0 spiro atoms. The van der Waals surface area contributed by atoms with Crippen LogP contribution in [0.15, 0.2) is 218 Å². The first kappa shape index (κ1) is 35.9. The van der Waals surface area contributed by atoms with Crippen molar-refractivity contribution in [2.75, 3.05) is 9.80 Å². The third-order valence-electron chi connectivity index (χ3n) is 12.2. The highest BCUT2D eigenvalue weighted by molar-refractivity contribution is 7.26. The minimum Gasteiger partial charge on any atom is -0.310 e. The van der Waals surface area contributed by atoms with Crippen LogP contribution in [-0.4, -0.2) is 0 Å². The van der Waals surface area contributed by atoms with E-state index in [1.165, 1.54) is 59.1 Å². The second-order valence-corrected chi connectivity index (χ2v) is 17.2. The Bertz CT molecular complexity index is 3170. The summed E-state index contributed by atoms with van der Waals surface area (Å²) in [4.78, 5) is 4.84. The van der Waals surface area contributed by atoms with Crippen LogP contribution in [-0.2, 0) is 5.41 Å². The van der Waals surface area contributed by atoms with E-state index in [0.29, 0.717) is 0 Å². The van der Waals surface area contributed by atoms with Crippen molar-refractivity contribution in [2.24, 2.45) is 0 Å². The molecule has 2 nitrogen and oxygen atoms in total. The first-order chi connectivity index (χ1) is 29.5. The van der Waals surface area contributed by atoms with Gasteiger partial charge in [0.05, 0.1) is 0 Å². The van der Waals surface area contributed by atoms with Gasteiger partial charge in [0.15, 0.2) is 0 Å². The minimum absolute atomic E-state index is 0.135. The standard InChI is InChI=1S/C57H42N2S/c1-57(2)53-27-14-12-23-49(53)50-34-33-45(38-54(50)57)59(43-21-10-5-11-22-43)47-36-41(48-25-16-26-52-51-24-13-15-28-55(51)60-56(48)52)35-46(37-47)58(42-19-8-4-9-20-42)44-31-29-40(30-32-44)39-17-6-3-7-18-39/h3-38H,1-2H3. The lowest BCUT2D eigenvalue weighted by atomic mass is 9.82. The summed E-state index contributed by atoms with van der Waals surface area (Å²) in [6.45, 7) is 4.72. The molecule has 0 bridgehead atoms. The molecule has 60 heavy (non-hydrogen) atoms. The van der Waals surface area contributed by atoms with Crippen LogP contribution < -0.4 is 9.80 Å². The zero-order valence-electron chi connectivity index (χ0n) is 33.6. The molecule has 0 radical (unpaired) electrons. The molecule has 11 rings (SSSR count). The first-order valence-electron chi connectivity index (χ1n) is 20.7. The van der Waals surface area contributed by atoms with Crippen molar-refractivity contribution in [3.8, 4) is 33.4 Å². The molecule has 10 aromatic rings. The summed E-state index contributed by atoms with van der Waals surface area (Å²) in [7, 11) is 0. The molecule has 0 aliphatic heterocycles. The number of para-hydroxylation sites is 2. The van der Waals surface area contributed by atoms with Crippen molar-refractivity contribution in [1.82, 2.24) is 0 Å². The molecule has 1 heterocycles. The normalized spacial score (nSPS) is 12.6. The number of hydrogen-bond acceptors (Lipinski definition) is 3. The monoisotopic (exact) mass is 786 g/mol. The van der Waals surface area contributed by atoms with Crippen molar-refractivity contribution in [2.45, 2.75) is 19.3 Å². The molecule has 0 unspecified atom stereocenters. The molecule has 1 aliphatic rings. The number of rotatable bonds is 8. The molecule has 3 heteroatoms. The second-order valence-electron chi connectivity index (χ2n) is 16.2. The highest BCUT2D eigenvalue weighted by atomic mass is 32.1. The maximum Gasteiger partial charge on any atom is 0.0488 e. The average Bonchev–Trinajstić information content (AvgIpc) is 3.80. The van der Waals surface area contributed by atoms with Crippen molar-refractivity contribution in [3.63, 3.8) is 0 Å². The van der Waals surface area contributed by atoms with Crippen LogP contribution in [0.4, 0.5) is 34.1 Å². The Labute approximate surface area is 355 Å². The fourth-order valence-electron chi connectivity index (χ4n) is 9.30. The molecule has 0 amide bonds. The van der Waals surface area contributed by atoms with E-state index in [2.05, 4.69) is 242 Å². The number of anilines is 6. The molecule has 1 aromatic heterocycles. The predicted molar refractivity (Wildman–Crippen MR) is 257 cm³/mol. The molecule has 0 fully saturated rings. The fraction of sp³-hybridized carbons (Fsp3) is 0.0526. The van der Waals surface area contributed by atoms with E-state index in [1.807, 2.05) is 11.3 Å². The zero-order chi connectivity index (χ0) is 40.2. The van der Waals surface area contributed by atoms with Crippen LogP contribution in [0, 0.1) is 0 Å². The topological polar surface area (TPSA) is 6.48 Å². The largest absolute Gasteiger partial charge is 0.310 e. The minimum atomic E-state index is -0.135. The van der Waals surface area contributed by atoms with Gasteiger partial charge in [0.25, 0.3) is 0 Å². The Kier molecular flexibility index (Phi) is 8.72. The van der Waals surface area contributed by atoms with Gasteiger partial charge in [-0.3, -0.25) is 0 Å². The van der Waals surface area contributed by atoms with Crippen molar-refractivity contribution >= 4 is 65.6 Å². The summed E-state index contributed by atoms with van der Waals surface area (Å²) in [6.07, 6.45) is 0. The zero-order valence-corrected chi connectivity index (χ0v) is 34.4. The van der Waals surface area contributed by atoms with Crippen LogP contribution in [0.25, 0.3) is 53.6 Å². The van der Waals surface area contributed by atoms with Crippen LogP contribution in [0.3, 0.4) is 0 Å². The van der Waals surface area contributed by atoms with Gasteiger partial charge in [-0.25, -0.2) is 0 Å². The summed E-state index contributed by atoms with van der Waals surface area (Å²) in [5, 5.41) is 2.59. The summed E-state index contributed by atoms with van der Waals surface area (Å²) in [6, 6.07) is 79.9. The number of thiophene rings is 1. The van der Waals surface area contributed by atoms with Crippen molar-refractivity contribution in [1.29, 1.82) is 0 Å². The lowest BCUT2D eigenvalue weighted by molar-refractivity contribution is 0.660. The Hall–Kier alpha value is -7.20. The lowest BCUT2D eigenvalue weighted by Crippen LogP contribution is -2.17. The van der Waals surface area contributed by atoms with Gasteiger partial charge < -0.3 is 9.80 Å². The lowest BCUT2D eigenvalue weighted by Gasteiger charge is -2.31. The van der Waals surface area contributed by atoms with Gasteiger partial charge >= 0.3 is 0 Å². The molecule has 1 aliphatic carbocycles. The van der Waals surface area contributed by atoms with Gasteiger partial charge in [-0.15, -0.1) is 11.3 Å². The van der Waals surface area contributed by atoms with Gasteiger partial charge in [-0.1, -0.05) is 159 Å². The molecule has 286 valence electrons. The molecule has 9 aromatic carbocycles. The Morgan fingerprint density at radius 3 is 1.57 bits per heavy atom. The van der Waals surface area contributed by atoms with Crippen LogP contribution in [0.2, 0.25) is 0 Å². The molecule has 0 saturated heterocycles. The second kappa shape index (κ2) is 14.6. The van der Waals surface area contributed by atoms with Gasteiger partial charge in [0.1, 0.15) is 0 Å². The Morgan fingerprint density at radius 2 is 0.850 bits per heavy atom. The summed E-state index contributed by atoms with van der Waals surface area (Å²) < 4.78 is 2.59. The van der Waals surface area contributed by atoms with E-state index in [1.54, 1.807) is 0 Å². The fourth-order valence-corrected chi connectivity index (χ4v) is 10.5. The number of nitrogens with zero attached hydrogens (tertiary/aromatic N) is 2. The number of benzene rings is 9. The molecule has 0 N–H and O–H groups in total. The number of fused-ring (bicyclic) bond motifs is 6. The SMILES string of the molecule is CC1(C)c2ccccc2-c2ccc(N(c3ccccc3)c3cc(-c4cccc5c4sc4ccccc45)cc(N(c4ccccc4)c4ccc(-c5ccccc5)cc4)c3)cc21. The van der Waals surface area contributed by atoms with Gasteiger partial charge in [0, 0.05) is 59.7 Å². The summed E-state index contributed by atoms with van der Waals surface area (Å²) in [5.41, 5.74) is 16.6. The molecular formula is C57H42N2S. The highest BCUT2D eigenvalue weighted by Gasteiger charge is 2.36. The molecule has 0 saturated carbocycles. The molecule has 0 atom stereocenters. The van der Waals surface area contributed by atoms with E-state index in [4.69, 9.17) is 0 Å². The first-order valence-corrected chi connectivity index (χ1v) is 21.5. The number of hydrogen-bond donors (Lipinski definition) is 0. The quantitative estimate of drug-likeness (QED) is 0.151. The Morgan fingerprint density at radius 1 is 0.333 bits per heavy atom. The Balaban J connectivity index is 1.16. The average molecular weight is 787 g/mol.